The first-order valence-electron chi connectivity index (χ1n) is 8.06. The van der Waals surface area contributed by atoms with Gasteiger partial charge in [0.15, 0.2) is 5.11 Å². The first-order chi connectivity index (χ1) is 12.1. The molecule has 0 radical (unpaired) electrons. The fraction of sp³-hybridized carbons (Fsp3) is 0.278. The number of anilines is 1. The molecule has 132 valence electrons. The van der Waals surface area contributed by atoms with Gasteiger partial charge in [-0.2, -0.15) is 0 Å². The van der Waals surface area contributed by atoms with Crippen LogP contribution >= 0.6 is 23.8 Å². The molecule has 7 heteroatoms. The first-order valence-corrected chi connectivity index (χ1v) is 8.84. The highest BCUT2D eigenvalue weighted by atomic mass is 35.5. The minimum atomic E-state index is -0.328. The quantitative estimate of drug-likeness (QED) is 0.424. The molecule has 0 saturated heterocycles. The van der Waals surface area contributed by atoms with E-state index in [0.29, 0.717) is 28.8 Å². The number of thiocarbonyl (C=S) groups is 1. The monoisotopic (exact) mass is 377 g/mol. The molecular formula is C18H20ClN3O2S. The number of rotatable bonds is 7. The highest BCUT2D eigenvalue weighted by molar-refractivity contribution is 7.80. The molecular weight excluding hydrogens is 358 g/mol. The Balaban J connectivity index is 1.95. The summed E-state index contributed by atoms with van der Waals surface area (Å²) in [6.07, 6.45) is 4.70. The molecule has 2 N–H and O–H groups in total. The van der Waals surface area contributed by atoms with Crippen molar-refractivity contribution < 1.29 is 9.53 Å². The molecule has 1 heterocycles. The zero-order valence-electron chi connectivity index (χ0n) is 13.9. The summed E-state index contributed by atoms with van der Waals surface area (Å²) in [5.74, 6) is 0.220. The topological polar surface area (TPSA) is 63.2 Å². The van der Waals surface area contributed by atoms with E-state index in [4.69, 9.17) is 28.6 Å². The van der Waals surface area contributed by atoms with Crippen LogP contribution in [0, 0.1) is 0 Å². The number of hydrogen-bond donors (Lipinski definition) is 2. The molecule has 0 aliphatic rings. The summed E-state index contributed by atoms with van der Waals surface area (Å²) in [5.41, 5.74) is 1.08. The van der Waals surface area contributed by atoms with Gasteiger partial charge < -0.3 is 10.1 Å². The maximum absolute atomic E-state index is 12.5. The van der Waals surface area contributed by atoms with Gasteiger partial charge in [-0.05, 0) is 42.9 Å². The number of nitrogens with one attached hydrogen (secondary N) is 2. The van der Waals surface area contributed by atoms with Crippen molar-refractivity contribution in [3.63, 3.8) is 0 Å². The minimum absolute atomic E-state index is 0.176. The number of benzene rings is 1. The van der Waals surface area contributed by atoms with Crippen LogP contribution < -0.4 is 15.4 Å². The van der Waals surface area contributed by atoms with Crippen molar-refractivity contribution in [2.75, 3.05) is 11.9 Å². The number of hydrogen-bond acceptors (Lipinski definition) is 4. The Morgan fingerprint density at radius 1 is 1.24 bits per heavy atom. The number of carbonyl (C=O) groups excluding carboxylic acids is 1. The van der Waals surface area contributed by atoms with Crippen LogP contribution in [-0.2, 0) is 0 Å². The molecule has 0 fully saturated rings. The van der Waals surface area contributed by atoms with Crippen LogP contribution in [0.5, 0.6) is 5.75 Å². The number of para-hydroxylation sites is 1. The smallest absolute Gasteiger partial charge is 0.261 e. The van der Waals surface area contributed by atoms with Crippen molar-refractivity contribution in [3.05, 3.63) is 53.3 Å². The maximum atomic E-state index is 12.5. The predicted molar refractivity (Wildman–Crippen MR) is 104 cm³/mol. The lowest BCUT2D eigenvalue weighted by atomic mass is 10.2. The van der Waals surface area contributed by atoms with Crippen LogP contribution in [-0.4, -0.2) is 22.6 Å². The lowest BCUT2D eigenvalue weighted by Crippen LogP contribution is -2.34. The lowest BCUT2D eigenvalue weighted by molar-refractivity contribution is 0.0973. The SMILES string of the molecule is CCCCCOc1ccccc1C(=O)NC(=S)Nc1ccc(Cl)nc1. The third-order valence-electron chi connectivity index (χ3n) is 3.35. The normalized spacial score (nSPS) is 10.2. The van der Waals surface area contributed by atoms with Crippen LogP contribution in [0.3, 0.4) is 0 Å². The molecule has 0 spiro atoms. The number of unbranched alkanes of at least 4 members (excludes halogenated alkanes) is 2. The van der Waals surface area contributed by atoms with Crippen LogP contribution in [0.25, 0.3) is 0 Å². The highest BCUT2D eigenvalue weighted by Crippen LogP contribution is 2.18. The molecule has 1 aromatic heterocycles. The average molecular weight is 378 g/mol. The number of nitrogens with zero attached hydrogens (tertiary/aromatic N) is 1. The zero-order chi connectivity index (χ0) is 18.1. The molecule has 0 aliphatic heterocycles. The third-order valence-corrected chi connectivity index (χ3v) is 3.78. The second-order valence-corrected chi connectivity index (χ2v) is 6.13. The van der Waals surface area contributed by atoms with Crippen LogP contribution in [0.2, 0.25) is 5.15 Å². The van der Waals surface area contributed by atoms with Crippen molar-refractivity contribution >= 4 is 40.5 Å². The van der Waals surface area contributed by atoms with E-state index in [2.05, 4.69) is 22.5 Å². The summed E-state index contributed by atoms with van der Waals surface area (Å²) in [6, 6.07) is 10.5. The molecule has 0 saturated carbocycles. The van der Waals surface area contributed by atoms with E-state index < -0.39 is 0 Å². The van der Waals surface area contributed by atoms with Gasteiger partial charge in [0.25, 0.3) is 5.91 Å². The summed E-state index contributed by atoms with van der Waals surface area (Å²) < 4.78 is 5.72. The number of amides is 1. The molecule has 0 atom stereocenters. The summed E-state index contributed by atoms with van der Waals surface area (Å²) in [6.45, 7) is 2.71. The Bertz CT molecular complexity index is 723. The molecule has 0 unspecified atom stereocenters. The van der Waals surface area contributed by atoms with Crippen molar-refractivity contribution in [2.45, 2.75) is 26.2 Å². The largest absolute Gasteiger partial charge is 0.493 e. The number of pyridine rings is 1. The van der Waals surface area contributed by atoms with E-state index in [1.807, 2.05) is 6.07 Å². The molecule has 25 heavy (non-hydrogen) atoms. The van der Waals surface area contributed by atoms with Gasteiger partial charge in [0.05, 0.1) is 24.1 Å². The second-order valence-electron chi connectivity index (χ2n) is 5.33. The fourth-order valence-electron chi connectivity index (χ4n) is 2.10. The summed E-state index contributed by atoms with van der Waals surface area (Å²) >= 11 is 10.9. The summed E-state index contributed by atoms with van der Waals surface area (Å²) in [7, 11) is 0. The van der Waals surface area contributed by atoms with E-state index in [1.54, 1.807) is 30.3 Å². The third kappa shape index (κ3) is 6.32. The Kier molecular flexibility index (Phi) is 7.63. The molecule has 1 aromatic carbocycles. The molecule has 0 aliphatic carbocycles. The van der Waals surface area contributed by atoms with E-state index in [0.717, 1.165) is 19.3 Å². The number of halogens is 1. The van der Waals surface area contributed by atoms with Crippen LogP contribution in [0.15, 0.2) is 42.6 Å². The molecule has 2 rings (SSSR count). The lowest BCUT2D eigenvalue weighted by Gasteiger charge is -2.13. The summed E-state index contributed by atoms with van der Waals surface area (Å²) in [4.78, 5) is 16.4. The summed E-state index contributed by atoms with van der Waals surface area (Å²) in [5, 5.41) is 6.09. The number of carbonyl (C=O) groups is 1. The van der Waals surface area contributed by atoms with Crippen molar-refractivity contribution in [2.24, 2.45) is 0 Å². The van der Waals surface area contributed by atoms with E-state index >= 15 is 0 Å². The minimum Gasteiger partial charge on any atom is -0.493 e. The van der Waals surface area contributed by atoms with Gasteiger partial charge in [0.1, 0.15) is 10.9 Å². The average Bonchev–Trinajstić information content (AvgIpc) is 2.61. The molecule has 1 amide bonds. The van der Waals surface area contributed by atoms with Gasteiger partial charge in [0, 0.05) is 0 Å². The zero-order valence-corrected chi connectivity index (χ0v) is 15.5. The van der Waals surface area contributed by atoms with Crippen LogP contribution in [0.4, 0.5) is 5.69 Å². The molecule has 2 aromatic rings. The molecule has 5 nitrogen and oxygen atoms in total. The van der Waals surface area contributed by atoms with E-state index in [-0.39, 0.29) is 11.0 Å². The van der Waals surface area contributed by atoms with Crippen LogP contribution in [0.1, 0.15) is 36.5 Å². The van der Waals surface area contributed by atoms with Gasteiger partial charge in [-0.25, -0.2) is 4.98 Å². The fourth-order valence-corrected chi connectivity index (χ4v) is 2.42. The number of ether oxygens (including phenoxy) is 1. The van der Waals surface area contributed by atoms with Gasteiger partial charge in [-0.3, -0.25) is 10.1 Å². The Labute approximate surface area is 157 Å². The first kappa shape index (κ1) is 19.1. The Hall–Kier alpha value is -2.18. The van der Waals surface area contributed by atoms with Crippen molar-refractivity contribution in [1.29, 1.82) is 0 Å². The predicted octanol–water partition coefficient (Wildman–Crippen LogP) is 4.43. The Morgan fingerprint density at radius 2 is 2.04 bits per heavy atom. The number of aromatic nitrogens is 1. The second kappa shape index (κ2) is 9.96. The van der Waals surface area contributed by atoms with E-state index in [9.17, 15) is 4.79 Å². The van der Waals surface area contributed by atoms with Crippen molar-refractivity contribution in [3.8, 4) is 5.75 Å². The maximum Gasteiger partial charge on any atom is 0.261 e. The van der Waals surface area contributed by atoms with Crippen molar-refractivity contribution in [1.82, 2.24) is 10.3 Å². The van der Waals surface area contributed by atoms with Gasteiger partial charge in [-0.1, -0.05) is 43.5 Å². The standard InChI is InChI=1S/C18H20ClN3O2S/c1-2-3-6-11-24-15-8-5-4-7-14(15)17(23)22-18(25)21-13-9-10-16(19)20-12-13/h4-5,7-10,12H,2-3,6,11H2,1H3,(H2,21,22,23,25). The van der Waals surface area contributed by atoms with Gasteiger partial charge >= 0.3 is 0 Å². The van der Waals surface area contributed by atoms with E-state index in [1.165, 1.54) is 6.20 Å². The van der Waals surface area contributed by atoms with Gasteiger partial charge in [-0.15, -0.1) is 0 Å². The van der Waals surface area contributed by atoms with Gasteiger partial charge in [0.2, 0.25) is 0 Å². The Morgan fingerprint density at radius 3 is 2.76 bits per heavy atom. The highest BCUT2D eigenvalue weighted by Gasteiger charge is 2.13. The molecule has 0 bridgehead atoms.